The third-order valence-electron chi connectivity index (χ3n) is 4.27. The van der Waals surface area contributed by atoms with Gasteiger partial charge in [-0.3, -0.25) is 9.59 Å². The molecule has 0 saturated heterocycles. The quantitative estimate of drug-likeness (QED) is 0.520. The molecule has 0 heterocycles. The van der Waals surface area contributed by atoms with Gasteiger partial charge in [0, 0.05) is 17.1 Å². The summed E-state index contributed by atoms with van der Waals surface area (Å²) >= 11 is 12.0. The van der Waals surface area contributed by atoms with E-state index >= 15 is 0 Å². The lowest BCUT2D eigenvalue weighted by molar-refractivity contribution is 0.0955. The highest BCUT2D eigenvalue weighted by atomic mass is 35.5. The molecule has 0 radical (unpaired) electrons. The zero-order valence-corrected chi connectivity index (χ0v) is 16.8. The number of carbonyl (C=O) groups is 2. The van der Waals surface area contributed by atoms with Crippen molar-refractivity contribution in [2.75, 3.05) is 11.9 Å². The number of hydrogen-bond acceptors (Lipinski definition) is 3. The predicted octanol–water partition coefficient (Wildman–Crippen LogP) is 4.92. The van der Waals surface area contributed by atoms with Crippen LogP contribution in [0.4, 0.5) is 5.69 Å². The molecule has 0 aliphatic heterocycles. The van der Waals surface area contributed by atoms with Gasteiger partial charge in [-0.1, -0.05) is 53.5 Å². The molecule has 2 amide bonds. The van der Waals surface area contributed by atoms with Crippen molar-refractivity contribution in [3.63, 3.8) is 0 Å². The molecule has 0 unspecified atom stereocenters. The first-order valence-corrected chi connectivity index (χ1v) is 9.62. The lowest BCUT2D eigenvalue weighted by Gasteiger charge is -2.12. The van der Waals surface area contributed by atoms with E-state index in [2.05, 4.69) is 10.6 Å². The number of carbonyl (C=O) groups excluding carboxylic acids is 2. The number of aromatic hydroxyl groups is 1. The van der Waals surface area contributed by atoms with E-state index in [4.69, 9.17) is 23.2 Å². The largest absolute Gasteiger partial charge is 0.506 e. The van der Waals surface area contributed by atoms with E-state index < -0.39 is 5.91 Å². The van der Waals surface area contributed by atoms with Gasteiger partial charge in [0.2, 0.25) is 0 Å². The molecule has 0 aliphatic carbocycles. The predicted molar refractivity (Wildman–Crippen MR) is 115 cm³/mol. The normalized spacial score (nSPS) is 10.4. The number of amides is 2. The Bertz CT molecular complexity index is 1050. The van der Waals surface area contributed by atoms with Crippen molar-refractivity contribution in [2.24, 2.45) is 0 Å². The topological polar surface area (TPSA) is 78.4 Å². The summed E-state index contributed by atoms with van der Waals surface area (Å²) in [6.45, 7) is 0.401. The van der Waals surface area contributed by atoms with Crippen molar-refractivity contribution in [3.8, 4) is 5.75 Å². The average Bonchev–Trinajstić information content (AvgIpc) is 2.71. The molecule has 29 heavy (non-hydrogen) atoms. The average molecular weight is 429 g/mol. The van der Waals surface area contributed by atoms with Gasteiger partial charge in [0.15, 0.2) is 0 Å². The minimum absolute atomic E-state index is 0.0725. The SMILES string of the molecule is O=C(Nc1ccccc1C(=O)NCCc1ccccc1Cl)c1ccc(O)c(Cl)c1. The van der Waals surface area contributed by atoms with E-state index in [-0.39, 0.29) is 22.2 Å². The molecule has 3 aromatic rings. The summed E-state index contributed by atoms with van der Waals surface area (Å²) in [6, 6.07) is 18.3. The maximum absolute atomic E-state index is 12.6. The first-order chi connectivity index (χ1) is 14.0. The summed E-state index contributed by atoms with van der Waals surface area (Å²) in [5.74, 6) is -0.860. The van der Waals surface area contributed by atoms with Gasteiger partial charge >= 0.3 is 0 Å². The Balaban J connectivity index is 1.67. The van der Waals surface area contributed by atoms with Crippen molar-refractivity contribution < 1.29 is 14.7 Å². The molecule has 7 heteroatoms. The second-order valence-electron chi connectivity index (χ2n) is 6.26. The van der Waals surface area contributed by atoms with Crippen molar-refractivity contribution in [3.05, 3.63) is 93.5 Å². The Labute approximate surface area is 178 Å². The highest BCUT2D eigenvalue weighted by Gasteiger charge is 2.15. The first-order valence-electron chi connectivity index (χ1n) is 8.86. The fraction of sp³-hybridized carbons (Fsp3) is 0.0909. The van der Waals surface area contributed by atoms with Crippen LogP contribution in [0.2, 0.25) is 10.0 Å². The zero-order chi connectivity index (χ0) is 20.8. The molecule has 0 aromatic heterocycles. The first kappa shape index (κ1) is 20.7. The third kappa shape index (κ3) is 5.28. The molecular weight excluding hydrogens is 411 g/mol. The number of phenolic OH excluding ortho intramolecular Hbond substituents is 1. The highest BCUT2D eigenvalue weighted by molar-refractivity contribution is 6.32. The number of halogens is 2. The Morgan fingerprint density at radius 1 is 0.862 bits per heavy atom. The lowest BCUT2D eigenvalue weighted by Crippen LogP contribution is -2.27. The zero-order valence-electron chi connectivity index (χ0n) is 15.3. The smallest absolute Gasteiger partial charge is 0.255 e. The molecule has 0 aliphatic rings. The van der Waals surface area contributed by atoms with Crippen LogP contribution in [-0.4, -0.2) is 23.5 Å². The van der Waals surface area contributed by atoms with Gasteiger partial charge in [-0.2, -0.15) is 0 Å². The monoisotopic (exact) mass is 428 g/mol. The van der Waals surface area contributed by atoms with Gasteiger partial charge in [0.05, 0.1) is 16.3 Å². The van der Waals surface area contributed by atoms with Gasteiger partial charge < -0.3 is 15.7 Å². The highest BCUT2D eigenvalue weighted by Crippen LogP contribution is 2.24. The molecular formula is C22H18Cl2N2O3. The minimum Gasteiger partial charge on any atom is -0.506 e. The Morgan fingerprint density at radius 2 is 1.59 bits per heavy atom. The lowest BCUT2D eigenvalue weighted by atomic mass is 10.1. The van der Waals surface area contributed by atoms with E-state index in [0.717, 1.165) is 5.56 Å². The summed E-state index contributed by atoms with van der Waals surface area (Å²) in [7, 11) is 0. The number of rotatable bonds is 6. The van der Waals surface area contributed by atoms with Crippen LogP contribution < -0.4 is 10.6 Å². The Morgan fingerprint density at radius 3 is 2.34 bits per heavy atom. The molecule has 5 nitrogen and oxygen atoms in total. The number of benzene rings is 3. The summed E-state index contributed by atoms with van der Waals surface area (Å²) in [5.41, 5.74) is 1.92. The van der Waals surface area contributed by atoms with Crippen molar-refractivity contribution in [1.82, 2.24) is 5.32 Å². The third-order valence-corrected chi connectivity index (χ3v) is 4.94. The summed E-state index contributed by atoms with van der Waals surface area (Å²) in [6.07, 6.45) is 0.589. The van der Waals surface area contributed by atoms with E-state index in [0.29, 0.717) is 29.2 Å². The van der Waals surface area contributed by atoms with Gasteiger partial charge in [0.1, 0.15) is 5.75 Å². The number of hydrogen-bond donors (Lipinski definition) is 3. The Hall–Kier alpha value is -3.02. The summed E-state index contributed by atoms with van der Waals surface area (Å²) < 4.78 is 0. The van der Waals surface area contributed by atoms with Crippen molar-refractivity contribution >= 4 is 40.7 Å². The van der Waals surface area contributed by atoms with Crippen LogP contribution in [0.1, 0.15) is 26.3 Å². The van der Waals surface area contributed by atoms with E-state index in [1.54, 1.807) is 30.3 Å². The van der Waals surface area contributed by atoms with E-state index in [9.17, 15) is 14.7 Å². The van der Waals surface area contributed by atoms with Gasteiger partial charge in [0.25, 0.3) is 11.8 Å². The van der Waals surface area contributed by atoms with Crippen LogP contribution >= 0.6 is 23.2 Å². The fourth-order valence-electron chi connectivity index (χ4n) is 2.74. The minimum atomic E-state index is -0.441. The van der Waals surface area contributed by atoms with Crippen LogP contribution in [0.3, 0.4) is 0 Å². The van der Waals surface area contributed by atoms with Crippen LogP contribution in [-0.2, 0) is 6.42 Å². The molecule has 3 rings (SSSR count). The second-order valence-corrected chi connectivity index (χ2v) is 7.08. The standard InChI is InChI=1S/C22H18Cl2N2O3/c23-17-7-3-1-5-14(17)11-12-25-22(29)16-6-2-4-8-19(16)26-21(28)15-9-10-20(27)18(24)13-15/h1-10,13,27H,11-12H2,(H,25,29)(H,26,28). The van der Waals surface area contributed by atoms with Gasteiger partial charge in [-0.05, 0) is 48.4 Å². The molecule has 0 fully saturated rings. The molecule has 0 atom stereocenters. The molecule has 0 spiro atoms. The number of para-hydroxylation sites is 1. The van der Waals surface area contributed by atoms with Crippen LogP contribution in [0, 0.1) is 0 Å². The molecule has 0 bridgehead atoms. The Kier molecular flexibility index (Phi) is 6.75. The number of anilines is 1. The molecule has 0 saturated carbocycles. The van der Waals surface area contributed by atoms with Gasteiger partial charge in [-0.15, -0.1) is 0 Å². The molecule has 148 valence electrons. The molecule has 3 N–H and O–H groups in total. The van der Waals surface area contributed by atoms with E-state index in [1.807, 2.05) is 18.2 Å². The van der Waals surface area contributed by atoms with E-state index in [1.165, 1.54) is 18.2 Å². The maximum Gasteiger partial charge on any atom is 0.255 e. The fourth-order valence-corrected chi connectivity index (χ4v) is 3.15. The maximum atomic E-state index is 12.6. The number of nitrogens with one attached hydrogen (secondary N) is 2. The van der Waals surface area contributed by atoms with Crippen molar-refractivity contribution in [1.29, 1.82) is 0 Å². The van der Waals surface area contributed by atoms with Crippen molar-refractivity contribution in [2.45, 2.75) is 6.42 Å². The number of phenols is 1. The molecule has 3 aromatic carbocycles. The second kappa shape index (κ2) is 9.45. The van der Waals surface area contributed by atoms with Gasteiger partial charge in [-0.25, -0.2) is 0 Å². The van der Waals surface area contributed by atoms with Crippen LogP contribution in [0.15, 0.2) is 66.7 Å². The summed E-state index contributed by atoms with van der Waals surface area (Å²) in [5, 5.41) is 15.8. The van der Waals surface area contributed by atoms with Crippen LogP contribution in [0.5, 0.6) is 5.75 Å². The summed E-state index contributed by atoms with van der Waals surface area (Å²) in [4.78, 5) is 25.1. The van der Waals surface area contributed by atoms with Crippen LogP contribution in [0.25, 0.3) is 0 Å².